The molecule has 0 bridgehead atoms. The highest BCUT2D eigenvalue weighted by atomic mass is 16.5. The number of esters is 1. The van der Waals surface area contributed by atoms with Crippen LogP contribution >= 0.6 is 0 Å². The molecule has 35 heavy (non-hydrogen) atoms. The van der Waals surface area contributed by atoms with E-state index in [1.807, 2.05) is 54.3 Å². The van der Waals surface area contributed by atoms with Crippen LogP contribution in [-0.4, -0.2) is 96.3 Å². The van der Waals surface area contributed by atoms with Crippen molar-refractivity contribution in [2.75, 3.05) is 64.0 Å². The molecule has 2 aliphatic heterocycles. The van der Waals surface area contributed by atoms with E-state index in [1.54, 1.807) is 6.92 Å². The normalized spacial score (nSPS) is 18.9. The first-order valence-corrected chi connectivity index (χ1v) is 12.1. The fourth-order valence-electron chi connectivity index (χ4n) is 4.40. The molecule has 1 amide bonds. The average molecular weight is 480 g/mol. The maximum atomic E-state index is 13.7. The summed E-state index contributed by atoms with van der Waals surface area (Å²) in [5.74, 6) is 0.238. The van der Waals surface area contributed by atoms with Gasteiger partial charge >= 0.3 is 5.97 Å². The predicted molar refractivity (Wildman–Crippen MR) is 133 cm³/mol. The van der Waals surface area contributed by atoms with Gasteiger partial charge in [-0.1, -0.05) is 42.5 Å². The Morgan fingerprint density at radius 2 is 1.69 bits per heavy atom. The lowest BCUT2D eigenvalue weighted by atomic mass is 9.94. The van der Waals surface area contributed by atoms with Gasteiger partial charge in [-0.3, -0.25) is 9.69 Å². The summed E-state index contributed by atoms with van der Waals surface area (Å²) in [6, 6.07) is 10.0. The summed E-state index contributed by atoms with van der Waals surface area (Å²) in [4.78, 5) is 40.6. The van der Waals surface area contributed by atoms with Crippen LogP contribution in [0.5, 0.6) is 0 Å². The van der Waals surface area contributed by atoms with Gasteiger partial charge in [-0.25, -0.2) is 14.8 Å². The molecule has 2 saturated heterocycles. The highest BCUT2D eigenvalue weighted by Crippen LogP contribution is 2.25. The molecule has 0 spiro atoms. The number of morpholine rings is 1. The summed E-state index contributed by atoms with van der Waals surface area (Å²) in [6.45, 7) is 9.11. The number of carbonyl (C=O) groups excluding carboxylic acids is 2. The molecule has 2 aromatic rings. The lowest BCUT2D eigenvalue weighted by Crippen LogP contribution is -2.63. The van der Waals surface area contributed by atoms with Gasteiger partial charge in [0.15, 0.2) is 0 Å². The predicted octanol–water partition coefficient (Wildman–Crippen LogP) is 2.11. The van der Waals surface area contributed by atoms with E-state index in [0.29, 0.717) is 70.6 Å². The second kappa shape index (κ2) is 11.4. The number of piperazine rings is 1. The third-order valence-electron chi connectivity index (χ3n) is 6.50. The van der Waals surface area contributed by atoms with Gasteiger partial charge < -0.3 is 19.3 Å². The van der Waals surface area contributed by atoms with Gasteiger partial charge in [0, 0.05) is 51.7 Å². The standard InChI is InChI=1S/C26H33N5O4/c1-3-35-23(32)22-19-27-25(28-20-22)30-11-13-31(14-12-30)26(2,10-9-21-7-5-4-6-8-21)24(33)29-15-17-34-18-16-29/h4-10,19-20H,3,11-18H2,1-2H3/b10-9+. The third-order valence-corrected chi connectivity index (χ3v) is 6.50. The van der Waals surface area contributed by atoms with E-state index in [2.05, 4.69) is 19.8 Å². The van der Waals surface area contributed by atoms with Crippen molar-refractivity contribution in [3.8, 4) is 0 Å². The molecule has 0 radical (unpaired) electrons. The first-order chi connectivity index (χ1) is 17.0. The van der Waals surface area contributed by atoms with Gasteiger partial charge in [-0.2, -0.15) is 0 Å². The number of ether oxygens (including phenoxy) is 2. The first kappa shape index (κ1) is 24.8. The van der Waals surface area contributed by atoms with E-state index < -0.39 is 11.5 Å². The van der Waals surface area contributed by atoms with Crippen LogP contribution in [0.25, 0.3) is 6.08 Å². The van der Waals surface area contributed by atoms with Crippen LogP contribution in [0.15, 0.2) is 48.8 Å². The maximum Gasteiger partial charge on any atom is 0.341 e. The smallest absolute Gasteiger partial charge is 0.341 e. The second-order valence-electron chi connectivity index (χ2n) is 8.76. The summed E-state index contributed by atoms with van der Waals surface area (Å²) in [5, 5.41) is 0. The minimum atomic E-state index is -0.784. The number of carbonyl (C=O) groups is 2. The Balaban J connectivity index is 1.48. The van der Waals surface area contributed by atoms with Gasteiger partial charge in [0.2, 0.25) is 11.9 Å². The van der Waals surface area contributed by atoms with Crippen molar-refractivity contribution in [3.05, 3.63) is 59.9 Å². The molecule has 1 aromatic carbocycles. The zero-order chi connectivity index (χ0) is 24.7. The van der Waals surface area contributed by atoms with E-state index in [4.69, 9.17) is 9.47 Å². The third kappa shape index (κ3) is 5.86. The molecule has 2 aliphatic rings. The summed E-state index contributed by atoms with van der Waals surface area (Å²) >= 11 is 0. The SMILES string of the molecule is CCOC(=O)c1cnc(N2CCN(C(C)(/C=C/c3ccccc3)C(=O)N3CCOCC3)CC2)nc1. The van der Waals surface area contributed by atoms with Crippen LogP contribution in [-0.2, 0) is 14.3 Å². The number of anilines is 1. The molecule has 0 N–H and O–H groups in total. The van der Waals surface area contributed by atoms with E-state index in [-0.39, 0.29) is 5.91 Å². The minimum absolute atomic E-state index is 0.0940. The highest BCUT2D eigenvalue weighted by molar-refractivity contribution is 5.89. The first-order valence-electron chi connectivity index (χ1n) is 12.1. The Morgan fingerprint density at radius 1 is 1.03 bits per heavy atom. The van der Waals surface area contributed by atoms with E-state index >= 15 is 0 Å². The van der Waals surface area contributed by atoms with Crippen molar-refractivity contribution in [3.63, 3.8) is 0 Å². The van der Waals surface area contributed by atoms with Gasteiger partial charge in [0.25, 0.3) is 0 Å². The van der Waals surface area contributed by atoms with Crippen molar-refractivity contribution in [2.24, 2.45) is 0 Å². The zero-order valence-corrected chi connectivity index (χ0v) is 20.4. The summed E-state index contributed by atoms with van der Waals surface area (Å²) in [5.41, 5.74) is 0.611. The largest absolute Gasteiger partial charge is 0.462 e. The Kier molecular flexibility index (Phi) is 8.09. The number of amides is 1. The van der Waals surface area contributed by atoms with Gasteiger partial charge in [-0.15, -0.1) is 0 Å². The van der Waals surface area contributed by atoms with Gasteiger partial charge in [0.05, 0.1) is 25.4 Å². The molecular formula is C26H33N5O4. The van der Waals surface area contributed by atoms with Gasteiger partial charge in [-0.05, 0) is 19.4 Å². The number of benzene rings is 1. The van der Waals surface area contributed by atoms with Crippen LogP contribution in [0.3, 0.4) is 0 Å². The lowest BCUT2D eigenvalue weighted by molar-refractivity contribution is -0.145. The summed E-state index contributed by atoms with van der Waals surface area (Å²) in [6.07, 6.45) is 7.06. The zero-order valence-electron chi connectivity index (χ0n) is 20.4. The van der Waals surface area contributed by atoms with Crippen molar-refractivity contribution in [1.29, 1.82) is 0 Å². The molecule has 0 saturated carbocycles. The number of hydrogen-bond donors (Lipinski definition) is 0. The fourth-order valence-corrected chi connectivity index (χ4v) is 4.40. The molecule has 1 aromatic heterocycles. The van der Waals surface area contributed by atoms with Crippen LogP contribution in [0.2, 0.25) is 0 Å². The van der Waals surface area contributed by atoms with E-state index in [0.717, 1.165) is 5.56 Å². The Labute approximate surface area is 206 Å². The van der Waals surface area contributed by atoms with E-state index in [9.17, 15) is 9.59 Å². The molecule has 2 fully saturated rings. The molecule has 3 heterocycles. The summed E-state index contributed by atoms with van der Waals surface area (Å²) in [7, 11) is 0. The lowest BCUT2D eigenvalue weighted by Gasteiger charge is -2.45. The Hall–Kier alpha value is -3.30. The molecule has 186 valence electrons. The van der Waals surface area contributed by atoms with E-state index in [1.165, 1.54) is 12.4 Å². The number of nitrogens with zero attached hydrogens (tertiary/aromatic N) is 5. The van der Waals surface area contributed by atoms with Crippen LogP contribution < -0.4 is 4.90 Å². The topological polar surface area (TPSA) is 88.1 Å². The second-order valence-corrected chi connectivity index (χ2v) is 8.76. The Morgan fingerprint density at radius 3 is 2.31 bits per heavy atom. The van der Waals surface area contributed by atoms with Crippen molar-refractivity contribution in [1.82, 2.24) is 19.8 Å². The molecule has 1 unspecified atom stereocenters. The molecule has 9 nitrogen and oxygen atoms in total. The minimum Gasteiger partial charge on any atom is -0.462 e. The molecule has 1 atom stereocenters. The Bertz CT molecular complexity index is 1020. The fraction of sp³-hybridized carbons (Fsp3) is 0.462. The van der Waals surface area contributed by atoms with Crippen molar-refractivity contribution in [2.45, 2.75) is 19.4 Å². The molecule has 9 heteroatoms. The molecule has 4 rings (SSSR count). The average Bonchev–Trinajstić information content (AvgIpc) is 2.92. The molecule has 0 aliphatic carbocycles. The number of aromatic nitrogens is 2. The van der Waals surface area contributed by atoms with Crippen LogP contribution in [0.1, 0.15) is 29.8 Å². The number of rotatable bonds is 7. The van der Waals surface area contributed by atoms with Crippen LogP contribution in [0, 0.1) is 0 Å². The number of hydrogen-bond acceptors (Lipinski definition) is 8. The molecular weight excluding hydrogens is 446 g/mol. The summed E-state index contributed by atoms with van der Waals surface area (Å²) < 4.78 is 10.5. The monoisotopic (exact) mass is 479 g/mol. The quantitative estimate of drug-likeness (QED) is 0.558. The highest BCUT2D eigenvalue weighted by Gasteiger charge is 2.41. The van der Waals surface area contributed by atoms with Gasteiger partial charge in [0.1, 0.15) is 5.54 Å². The van der Waals surface area contributed by atoms with Crippen molar-refractivity contribution >= 4 is 23.9 Å². The van der Waals surface area contributed by atoms with Crippen LogP contribution in [0.4, 0.5) is 5.95 Å². The van der Waals surface area contributed by atoms with Crippen molar-refractivity contribution < 1.29 is 19.1 Å². The maximum absolute atomic E-state index is 13.7.